The second-order valence-electron chi connectivity index (χ2n) is 6.51. The first-order valence-electron chi connectivity index (χ1n) is 8.79. The van der Waals surface area contributed by atoms with Gasteiger partial charge in [0.2, 0.25) is 0 Å². The minimum atomic E-state index is -3.39. The summed E-state index contributed by atoms with van der Waals surface area (Å²) in [6.45, 7) is 0. The molecular weight excluding hydrogens is 410 g/mol. The molecular formula is C22H20ClNO4S. The second-order valence-corrected chi connectivity index (χ2v) is 8.96. The molecule has 0 bridgehead atoms. The zero-order valence-electron chi connectivity index (χ0n) is 15.9. The van der Waals surface area contributed by atoms with Crippen molar-refractivity contribution in [1.82, 2.24) is 5.32 Å². The predicted molar refractivity (Wildman–Crippen MR) is 113 cm³/mol. The highest BCUT2D eigenvalue weighted by Gasteiger charge is 2.21. The Balaban J connectivity index is 2.05. The van der Waals surface area contributed by atoms with Crippen molar-refractivity contribution in [3.05, 3.63) is 94.5 Å². The van der Waals surface area contributed by atoms with Crippen LogP contribution in [-0.2, 0) is 9.84 Å². The minimum Gasteiger partial charge on any atom is -0.496 e. The van der Waals surface area contributed by atoms with Gasteiger partial charge < -0.3 is 10.1 Å². The first kappa shape index (κ1) is 20.9. The number of methoxy groups -OCH3 is 1. The van der Waals surface area contributed by atoms with Crippen molar-refractivity contribution < 1.29 is 17.9 Å². The zero-order valence-corrected chi connectivity index (χ0v) is 17.5. The maximum absolute atomic E-state index is 13.0. The highest BCUT2D eigenvalue weighted by atomic mass is 35.5. The van der Waals surface area contributed by atoms with Crippen molar-refractivity contribution in [2.75, 3.05) is 13.4 Å². The quantitative estimate of drug-likeness (QED) is 0.635. The fraction of sp³-hybridized carbons (Fsp3) is 0.136. The van der Waals surface area contributed by atoms with Crippen molar-refractivity contribution in [3.8, 4) is 5.75 Å². The van der Waals surface area contributed by atoms with Gasteiger partial charge in [-0.05, 0) is 41.5 Å². The van der Waals surface area contributed by atoms with E-state index in [0.29, 0.717) is 21.9 Å². The summed E-state index contributed by atoms with van der Waals surface area (Å²) in [5, 5.41) is 3.38. The first-order chi connectivity index (χ1) is 13.8. The Morgan fingerprint density at radius 1 is 0.966 bits per heavy atom. The average molecular weight is 430 g/mol. The maximum atomic E-state index is 13.0. The molecule has 0 spiro atoms. The SMILES string of the molecule is COc1ccc(Cl)cc1C(=O)NC(c1ccccc1)c1cccc(S(C)(=O)=O)c1. The molecule has 1 amide bonds. The van der Waals surface area contributed by atoms with Crippen LogP contribution in [0.4, 0.5) is 0 Å². The number of hydrogen-bond acceptors (Lipinski definition) is 4. The van der Waals surface area contributed by atoms with Crippen molar-refractivity contribution in [2.24, 2.45) is 0 Å². The van der Waals surface area contributed by atoms with E-state index < -0.39 is 15.9 Å². The fourth-order valence-corrected chi connectivity index (χ4v) is 3.84. The standard InChI is InChI=1S/C22H20ClNO4S/c1-28-20-12-11-17(23)14-19(20)22(25)24-21(15-7-4-3-5-8-15)16-9-6-10-18(13-16)29(2,26)27/h3-14,21H,1-2H3,(H,24,25). The van der Waals surface area contributed by atoms with Gasteiger partial charge in [0.15, 0.2) is 9.84 Å². The lowest BCUT2D eigenvalue weighted by Gasteiger charge is -2.21. The molecule has 150 valence electrons. The average Bonchev–Trinajstić information content (AvgIpc) is 2.72. The molecule has 1 unspecified atom stereocenters. The second kappa shape index (κ2) is 8.68. The molecule has 0 aliphatic rings. The van der Waals surface area contributed by atoms with Gasteiger partial charge in [0.05, 0.1) is 23.6 Å². The third kappa shape index (κ3) is 4.96. The normalized spacial score (nSPS) is 12.2. The van der Waals surface area contributed by atoms with Crippen LogP contribution in [0.3, 0.4) is 0 Å². The molecule has 3 rings (SSSR count). The molecule has 3 aromatic carbocycles. The van der Waals surface area contributed by atoms with Gasteiger partial charge in [0.1, 0.15) is 5.75 Å². The van der Waals surface area contributed by atoms with Gasteiger partial charge in [-0.1, -0.05) is 54.1 Å². The molecule has 0 aromatic heterocycles. The van der Waals surface area contributed by atoms with Gasteiger partial charge in [-0.3, -0.25) is 4.79 Å². The largest absolute Gasteiger partial charge is 0.496 e. The highest BCUT2D eigenvalue weighted by molar-refractivity contribution is 7.90. The molecule has 1 atom stereocenters. The third-order valence-electron chi connectivity index (χ3n) is 4.43. The Labute approximate surface area is 175 Å². The molecule has 0 heterocycles. The first-order valence-corrected chi connectivity index (χ1v) is 11.1. The molecule has 0 aliphatic heterocycles. The topological polar surface area (TPSA) is 72.5 Å². The monoisotopic (exact) mass is 429 g/mol. The van der Waals surface area contributed by atoms with Gasteiger partial charge in [0.25, 0.3) is 5.91 Å². The number of nitrogens with one attached hydrogen (secondary N) is 1. The van der Waals surface area contributed by atoms with E-state index in [1.54, 1.807) is 30.3 Å². The number of amides is 1. The number of carbonyl (C=O) groups is 1. The van der Waals surface area contributed by atoms with E-state index in [1.165, 1.54) is 19.2 Å². The van der Waals surface area contributed by atoms with Gasteiger partial charge >= 0.3 is 0 Å². The van der Waals surface area contributed by atoms with Crippen LogP contribution in [0.1, 0.15) is 27.5 Å². The number of benzene rings is 3. The van der Waals surface area contributed by atoms with E-state index in [-0.39, 0.29) is 10.8 Å². The number of carbonyl (C=O) groups excluding carboxylic acids is 1. The number of hydrogen-bond donors (Lipinski definition) is 1. The van der Waals surface area contributed by atoms with E-state index in [0.717, 1.165) is 11.8 Å². The molecule has 7 heteroatoms. The Hall–Kier alpha value is -2.83. The van der Waals surface area contributed by atoms with Crippen LogP contribution in [0.15, 0.2) is 77.7 Å². The molecule has 0 aliphatic carbocycles. The summed E-state index contributed by atoms with van der Waals surface area (Å²) >= 11 is 6.06. The number of halogens is 1. The fourth-order valence-electron chi connectivity index (χ4n) is 3.00. The molecule has 3 aromatic rings. The number of rotatable bonds is 6. The molecule has 29 heavy (non-hydrogen) atoms. The van der Waals surface area contributed by atoms with Crippen LogP contribution in [0.25, 0.3) is 0 Å². The molecule has 5 nitrogen and oxygen atoms in total. The summed E-state index contributed by atoms with van der Waals surface area (Å²) in [5.74, 6) is 0.00607. The van der Waals surface area contributed by atoms with Crippen LogP contribution >= 0.6 is 11.6 Å². The summed E-state index contributed by atoms with van der Waals surface area (Å²) in [5.41, 5.74) is 1.75. The summed E-state index contributed by atoms with van der Waals surface area (Å²) in [4.78, 5) is 13.2. The van der Waals surface area contributed by atoms with Crippen molar-refractivity contribution in [3.63, 3.8) is 0 Å². The molecule has 0 saturated carbocycles. The lowest BCUT2D eigenvalue weighted by molar-refractivity contribution is 0.0940. The van der Waals surface area contributed by atoms with E-state index >= 15 is 0 Å². The van der Waals surface area contributed by atoms with Gasteiger partial charge in [-0.15, -0.1) is 0 Å². The number of ether oxygens (including phenoxy) is 1. The Morgan fingerprint density at radius 3 is 2.31 bits per heavy atom. The Bertz CT molecular complexity index is 1130. The van der Waals surface area contributed by atoms with E-state index in [4.69, 9.17) is 16.3 Å². The molecule has 0 saturated heterocycles. The minimum absolute atomic E-state index is 0.186. The Kier molecular flexibility index (Phi) is 6.25. The predicted octanol–water partition coefficient (Wildman–Crippen LogP) is 4.27. The van der Waals surface area contributed by atoms with Crippen LogP contribution < -0.4 is 10.1 Å². The van der Waals surface area contributed by atoms with Crippen molar-refractivity contribution >= 4 is 27.3 Å². The van der Waals surface area contributed by atoms with Crippen molar-refractivity contribution in [1.29, 1.82) is 0 Å². The summed E-state index contributed by atoms with van der Waals surface area (Å²) in [6.07, 6.45) is 1.15. The lowest BCUT2D eigenvalue weighted by atomic mass is 9.98. The lowest BCUT2D eigenvalue weighted by Crippen LogP contribution is -2.29. The Morgan fingerprint density at radius 2 is 1.66 bits per heavy atom. The summed E-state index contributed by atoms with van der Waals surface area (Å²) < 4.78 is 29.3. The highest BCUT2D eigenvalue weighted by Crippen LogP contribution is 2.27. The summed E-state index contributed by atoms with van der Waals surface area (Å²) in [6, 6.07) is 20.1. The summed E-state index contributed by atoms with van der Waals surface area (Å²) in [7, 11) is -1.91. The molecule has 0 fully saturated rings. The number of sulfone groups is 1. The van der Waals surface area contributed by atoms with E-state index in [2.05, 4.69) is 5.32 Å². The molecule has 0 radical (unpaired) electrons. The van der Waals surface area contributed by atoms with Gasteiger partial charge in [-0.25, -0.2) is 8.42 Å². The van der Waals surface area contributed by atoms with Crippen molar-refractivity contribution in [2.45, 2.75) is 10.9 Å². The van der Waals surface area contributed by atoms with Crippen LogP contribution in [0.2, 0.25) is 5.02 Å². The molecule has 1 N–H and O–H groups in total. The third-order valence-corrected chi connectivity index (χ3v) is 5.78. The van der Waals surface area contributed by atoms with E-state index in [9.17, 15) is 13.2 Å². The zero-order chi connectivity index (χ0) is 21.0. The van der Waals surface area contributed by atoms with Gasteiger partial charge in [-0.2, -0.15) is 0 Å². The maximum Gasteiger partial charge on any atom is 0.255 e. The van der Waals surface area contributed by atoms with E-state index in [1.807, 2.05) is 30.3 Å². The van der Waals surface area contributed by atoms with Gasteiger partial charge in [0, 0.05) is 11.3 Å². The van der Waals surface area contributed by atoms with Crippen LogP contribution in [0, 0.1) is 0 Å². The van der Waals surface area contributed by atoms with Crippen LogP contribution in [-0.4, -0.2) is 27.7 Å². The smallest absolute Gasteiger partial charge is 0.255 e. The van der Waals surface area contributed by atoms with Crippen LogP contribution in [0.5, 0.6) is 5.75 Å².